The van der Waals surface area contributed by atoms with Crippen LogP contribution in [0.5, 0.6) is 6.01 Å². The van der Waals surface area contributed by atoms with Crippen LogP contribution in [0.4, 0.5) is 10.6 Å². The molecule has 0 unspecified atom stereocenters. The van der Waals surface area contributed by atoms with Gasteiger partial charge in [0.25, 0.3) is 0 Å². The quantitative estimate of drug-likeness (QED) is 0.631. The normalized spacial score (nSPS) is 10.3. The lowest BCUT2D eigenvalue weighted by Crippen LogP contribution is -2.28. The number of fused-ring (bicyclic) bond motifs is 1. The second-order valence-electron chi connectivity index (χ2n) is 3.21. The summed E-state index contributed by atoms with van der Waals surface area (Å²) < 4.78 is 0. The van der Waals surface area contributed by atoms with Crippen molar-refractivity contribution in [2.45, 2.75) is 0 Å². The molecule has 0 atom stereocenters. The van der Waals surface area contributed by atoms with Gasteiger partial charge in [-0.3, -0.25) is 5.43 Å². The first-order chi connectivity index (χ1) is 8.47. The zero-order chi connectivity index (χ0) is 13.3. The second kappa shape index (κ2) is 4.71. The fraction of sp³-hybridized carbons (Fsp3) is 0. The van der Waals surface area contributed by atoms with E-state index in [1.54, 1.807) is 0 Å². The van der Waals surface area contributed by atoms with Crippen molar-refractivity contribution in [3.8, 4) is 6.01 Å². The van der Waals surface area contributed by atoms with E-state index in [0.717, 1.165) is 0 Å². The zero-order valence-electron chi connectivity index (χ0n) is 8.61. The molecule has 0 fully saturated rings. The number of hydrazine groups is 1. The molecule has 0 bridgehead atoms. The molecule has 0 aliphatic heterocycles. The van der Waals surface area contributed by atoms with Gasteiger partial charge in [-0.05, 0) is 12.1 Å². The lowest BCUT2D eigenvalue weighted by atomic mass is 10.2. The number of anilines is 1. The summed E-state index contributed by atoms with van der Waals surface area (Å²) in [7, 11) is 0. The molecule has 0 aliphatic carbocycles. The van der Waals surface area contributed by atoms with Crippen molar-refractivity contribution in [2.75, 3.05) is 5.43 Å². The van der Waals surface area contributed by atoms with Gasteiger partial charge in [0, 0.05) is 5.39 Å². The van der Waals surface area contributed by atoms with E-state index >= 15 is 0 Å². The van der Waals surface area contributed by atoms with Crippen molar-refractivity contribution in [3.63, 3.8) is 0 Å². The Morgan fingerprint density at radius 2 is 1.89 bits per heavy atom. The lowest BCUT2D eigenvalue weighted by Gasteiger charge is -2.09. The lowest BCUT2D eigenvalue weighted by molar-refractivity contribution is 0.197. The van der Waals surface area contributed by atoms with Crippen molar-refractivity contribution in [1.29, 1.82) is 0 Å². The first-order valence-electron chi connectivity index (χ1n) is 4.58. The van der Waals surface area contributed by atoms with Crippen LogP contribution < -0.4 is 10.9 Å². The van der Waals surface area contributed by atoms with Crippen molar-refractivity contribution in [2.24, 2.45) is 0 Å². The number of carbonyl (C=O) groups is 1. The highest BCUT2D eigenvalue weighted by Gasteiger charge is 2.10. The van der Waals surface area contributed by atoms with E-state index in [1.807, 2.05) is 5.43 Å². The Bertz CT molecular complexity index is 635. The van der Waals surface area contributed by atoms with E-state index in [4.69, 9.17) is 28.3 Å². The molecule has 4 N–H and O–H groups in total. The van der Waals surface area contributed by atoms with Crippen LogP contribution in [0, 0.1) is 0 Å². The molecule has 0 aliphatic rings. The number of hydrogen-bond donors (Lipinski definition) is 4. The number of aromatic nitrogens is 2. The number of amides is 1. The minimum Gasteiger partial charge on any atom is -0.479 e. The summed E-state index contributed by atoms with van der Waals surface area (Å²) in [4.78, 5) is 17.8. The number of halogens is 2. The molecular formula is C9H6Cl2N4O3. The van der Waals surface area contributed by atoms with Gasteiger partial charge in [-0.1, -0.05) is 23.2 Å². The Morgan fingerprint density at radius 1 is 1.22 bits per heavy atom. The summed E-state index contributed by atoms with van der Waals surface area (Å²) in [5, 5.41) is 18.7. The fourth-order valence-electron chi connectivity index (χ4n) is 1.32. The highest BCUT2D eigenvalue weighted by molar-refractivity contribution is 6.42. The van der Waals surface area contributed by atoms with Crippen LogP contribution in [-0.2, 0) is 0 Å². The van der Waals surface area contributed by atoms with Crippen molar-refractivity contribution in [3.05, 3.63) is 22.2 Å². The Hall–Kier alpha value is -1.99. The van der Waals surface area contributed by atoms with Gasteiger partial charge in [0.1, 0.15) is 0 Å². The average molecular weight is 289 g/mol. The van der Waals surface area contributed by atoms with Crippen LogP contribution >= 0.6 is 23.2 Å². The van der Waals surface area contributed by atoms with E-state index in [1.165, 1.54) is 12.1 Å². The highest BCUT2D eigenvalue weighted by atomic mass is 35.5. The summed E-state index contributed by atoms with van der Waals surface area (Å²) in [6.07, 6.45) is -1.30. The summed E-state index contributed by atoms with van der Waals surface area (Å²) in [6.45, 7) is 0. The number of nitrogens with zero attached hydrogens (tertiary/aromatic N) is 2. The minimum atomic E-state index is -1.30. The predicted molar refractivity (Wildman–Crippen MR) is 66.0 cm³/mol. The molecule has 0 saturated carbocycles. The number of aromatic hydroxyl groups is 1. The summed E-state index contributed by atoms with van der Waals surface area (Å²) in [5.74, 6) is 0.0680. The summed E-state index contributed by atoms with van der Waals surface area (Å²) in [6, 6.07) is 2.38. The number of benzene rings is 1. The Labute approximate surface area is 110 Å². The van der Waals surface area contributed by atoms with Gasteiger partial charge < -0.3 is 10.2 Å². The topological polar surface area (TPSA) is 107 Å². The van der Waals surface area contributed by atoms with Gasteiger partial charge in [-0.2, -0.15) is 9.97 Å². The molecule has 2 rings (SSSR count). The van der Waals surface area contributed by atoms with E-state index in [0.29, 0.717) is 10.9 Å². The molecule has 7 nitrogen and oxygen atoms in total. The molecule has 0 radical (unpaired) electrons. The highest BCUT2D eigenvalue weighted by Crippen LogP contribution is 2.30. The van der Waals surface area contributed by atoms with Gasteiger partial charge in [-0.25, -0.2) is 10.2 Å². The van der Waals surface area contributed by atoms with Gasteiger partial charge in [0.05, 0.1) is 15.6 Å². The van der Waals surface area contributed by atoms with E-state index in [2.05, 4.69) is 15.4 Å². The van der Waals surface area contributed by atoms with Crippen LogP contribution in [-0.4, -0.2) is 26.3 Å². The number of hydrogen-bond acceptors (Lipinski definition) is 5. The summed E-state index contributed by atoms with van der Waals surface area (Å²) in [5.41, 5.74) is 4.54. The minimum absolute atomic E-state index is 0.0680. The molecule has 0 spiro atoms. The molecule has 18 heavy (non-hydrogen) atoms. The maximum atomic E-state index is 10.4. The number of carboxylic acid groups (broad SMARTS) is 1. The first kappa shape index (κ1) is 12.5. The fourth-order valence-corrected chi connectivity index (χ4v) is 1.64. The summed E-state index contributed by atoms with van der Waals surface area (Å²) >= 11 is 11.7. The van der Waals surface area contributed by atoms with Crippen molar-refractivity contribution >= 4 is 46.0 Å². The Morgan fingerprint density at radius 3 is 2.56 bits per heavy atom. The van der Waals surface area contributed by atoms with Gasteiger partial charge in [0.15, 0.2) is 5.82 Å². The first-order valence-corrected chi connectivity index (χ1v) is 5.33. The molecule has 1 amide bonds. The smallest absolute Gasteiger partial charge is 0.423 e. The second-order valence-corrected chi connectivity index (χ2v) is 4.03. The third-order valence-corrected chi connectivity index (χ3v) is 2.74. The molecule has 1 heterocycles. The molecule has 2 aromatic rings. The maximum absolute atomic E-state index is 10.4. The van der Waals surface area contributed by atoms with Crippen LogP contribution in [0.2, 0.25) is 10.0 Å². The number of rotatable bonds is 2. The third-order valence-electron chi connectivity index (χ3n) is 2.01. The monoisotopic (exact) mass is 288 g/mol. The molecule has 1 aromatic carbocycles. The molecule has 1 aromatic heterocycles. The third kappa shape index (κ3) is 2.47. The average Bonchev–Trinajstić information content (AvgIpc) is 2.28. The molecular weight excluding hydrogens is 283 g/mol. The predicted octanol–water partition coefficient (Wildman–Crippen LogP) is 2.24. The van der Waals surface area contributed by atoms with Crippen LogP contribution in [0.3, 0.4) is 0 Å². The zero-order valence-corrected chi connectivity index (χ0v) is 10.1. The van der Waals surface area contributed by atoms with Crippen LogP contribution in [0.1, 0.15) is 0 Å². The molecule has 0 saturated heterocycles. The molecule has 9 heteroatoms. The Kier molecular flexibility index (Phi) is 3.26. The van der Waals surface area contributed by atoms with Crippen LogP contribution in [0.15, 0.2) is 12.1 Å². The Balaban J connectivity index is 2.56. The SMILES string of the molecule is O=C(O)NNc1nc(O)nc2cc(Cl)c(Cl)cc12. The molecule has 94 valence electrons. The standard InChI is InChI=1S/C9H6Cl2N4O3/c10-4-1-3-6(2-5(4)11)12-8(16)13-7(3)14-15-9(17)18/h1-2,15H,(H,17,18)(H2,12,13,14,16). The van der Waals surface area contributed by atoms with Crippen LogP contribution in [0.25, 0.3) is 10.9 Å². The van der Waals surface area contributed by atoms with Gasteiger partial charge >= 0.3 is 12.1 Å². The van der Waals surface area contributed by atoms with Gasteiger partial charge in [-0.15, -0.1) is 0 Å². The van der Waals surface area contributed by atoms with E-state index < -0.39 is 12.1 Å². The largest absolute Gasteiger partial charge is 0.479 e. The maximum Gasteiger partial charge on any atom is 0.423 e. The van der Waals surface area contributed by atoms with Crippen molar-refractivity contribution < 1.29 is 15.0 Å². The van der Waals surface area contributed by atoms with E-state index in [-0.39, 0.29) is 15.9 Å². The number of nitrogens with one attached hydrogen (secondary N) is 2. The van der Waals surface area contributed by atoms with Gasteiger partial charge in [0.2, 0.25) is 0 Å². The van der Waals surface area contributed by atoms with Crippen molar-refractivity contribution in [1.82, 2.24) is 15.4 Å². The van der Waals surface area contributed by atoms with E-state index in [9.17, 15) is 9.90 Å².